The molecule has 1 aliphatic rings. The van der Waals surface area contributed by atoms with Gasteiger partial charge in [0.15, 0.2) is 5.79 Å². The summed E-state index contributed by atoms with van der Waals surface area (Å²) >= 11 is 0. The van der Waals surface area contributed by atoms with E-state index < -0.39 is 41.3 Å². The van der Waals surface area contributed by atoms with Gasteiger partial charge in [-0.2, -0.15) is 0 Å². The lowest BCUT2D eigenvalue weighted by Gasteiger charge is -2.46. The Morgan fingerprint density at radius 1 is 0.808 bits per heavy atom. The third-order valence-electron chi connectivity index (χ3n) is 10.5. The smallest absolute Gasteiger partial charge is 0.310 e. The lowest BCUT2D eigenvalue weighted by molar-refractivity contribution is -0.304. The van der Waals surface area contributed by atoms with Gasteiger partial charge in [-0.1, -0.05) is 141 Å². The number of carboxylic acids is 1. The molecular weight excluding hydrogens is 652 g/mol. The summed E-state index contributed by atoms with van der Waals surface area (Å²) in [6.07, 6.45) is 22.3. The summed E-state index contributed by atoms with van der Waals surface area (Å²) in [6, 6.07) is 8.33. The zero-order valence-electron chi connectivity index (χ0n) is 33.9. The van der Waals surface area contributed by atoms with E-state index in [1.807, 2.05) is 51.1 Å². The quantitative estimate of drug-likeness (QED) is 0.0614. The molecule has 1 heterocycles. The monoisotopic (exact) mass is 727 g/mol. The SMILES string of the molecule is CCCCCCCC/C=C\CCCCCCCC(=O)NC(CCCC)C(C(=O)O)C(NC(=O)C1OC(C)(C)OCC1(C)C)C(CC)c1ccccc1. The molecule has 0 bridgehead atoms. The van der Waals surface area contributed by atoms with Gasteiger partial charge in [-0.05, 0) is 64.4 Å². The van der Waals surface area contributed by atoms with Crippen molar-refractivity contribution in [3.8, 4) is 0 Å². The number of hydrogen-bond donors (Lipinski definition) is 3. The largest absolute Gasteiger partial charge is 0.481 e. The van der Waals surface area contributed by atoms with Crippen LogP contribution in [0.25, 0.3) is 0 Å². The molecule has 0 aromatic heterocycles. The van der Waals surface area contributed by atoms with Crippen LogP contribution in [-0.2, 0) is 23.9 Å². The van der Waals surface area contributed by atoms with Crippen molar-refractivity contribution in [2.45, 2.75) is 194 Å². The molecule has 1 saturated heterocycles. The van der Waals surface area contributed by atoms with Crippen molar-refractivity contribution in [3.63, 3.8) is 0 Å². The number of ether oxygens (including phenoxy) is 2. The molecular formula is C44H74N2O6. The van der Waals surface area contributed by atoms with E-state index in [-0.39, 0.29) is 17.7 Å². The third-order valence-corrected chi connectivity index (χ3v) is 10.5. The molecule has 0 saturated carbocycles. The van der Waals surface area contributed by atoms with Gasteiger partial charge in [-0.15, -0.1) is 0 Å². The van der Waals surface area contributed by atoms with Crippen molar-refractivity contribution < 1.29 is 29.0 Å². The molecule has 5 unspecified atom stereocenters. The highest BCUT2D eigenvalue weighted by Crippen LogP contribution is 2.37. The predicted octanol–water partition coefficient (Wildman–Crippen LogP) is 10.3. The second kappa shape index (κ2) is 24.6. The van der Waals surface area contributed by atoms with E-state index in [2.05, 4.69) is 36.6 Å². The first kappa shape index (κ1) is 45.4. The average molecular weight is 727 g/mol. The molecule has 1 aromatic rings. The Morgan fingerprint density at radius 2 is 1.38 bits per heavy atom. The summed E-state index contributed by atoms with van der Waals surface area (Å²) in [5.74, 6) is -3.82. The van der Waals surface area contributed by atoms with Gasteiger partial charge in [-0.3, -0.25) is 14.4 Å². The van der Waals surface area contributed by atoms with Gasteiger partial charge >= 0.3 is 5.97 Å². The number of nitrogens with one attached hydrogen (secondary N) is 2. The topological polar surface area (TPSA) is 114 Å². The summed E-state index contributed by atoms with van der Waals surface area (Å²) in [6.45, 7) is 14.1. The minimum Gasteiger partial charge on any atom is -0.481 e. The normalized spacial score (nSPS) is 19.1. The van der Waals surface area contributed by atoms with Crippen LogP contribution in [-0.4, -0.2) is 53.5 Å². The van der Waals surface area contributed by atoms with Crippen LogP contribution < -0.4 is 10.6 Å². The molecule has 0 spiro atoms. The van der Waals surface area contributed by atoms with Crippen molar-refractivity contribution in [3.05, 3.63) is 48.0 Å². The van der Waals surface area contributed by atoms with Crippen LogP contribution in [0.3, 0.4) is 0 Å². The Kier molecular flexibility index (Phi) is 21.5. The standard InChI is InChI=1S/C44H74N2O6/c1-8-11-13-14-15-16-17-18-19-20-21-22-23-24-28-32-37(47)45-36(31-12-9-2)38(42(49)50)39(35(10-3)34-29-26-25-27-30-34)46-41(48)40-43(4,5)33-51-44(6,7)52-40/h18-19,25-27,29-30,35-36,38-40H,8-17,20-24,28,31-33H2,1-7H3,(H,45,47)(H,46,48)(H,49,50)/b19-18-. The Hall–Kier alpha value is -2.71. The minimum absolute atomic E-state index is 0.126. The van der Waals surface area contributed by atoms with Gasteiger partial charge in [0.2, 0.25) is 11.8 Å². The second-order valence-corrected chi connectivity index (χ2v) is 16.1. The Morgan fingerprint density at radius 3 is 1.96 bits per heavy atom. The number of hydrogen-bond acceptors (Lipinski definition) is 5. The summed E-state index contributed by atoms with van der Waals surface area (Å²) in [7, 11) is 0. The molecule has 8 nitrogen and oxygen atoms in total. The molecule has 8 heteroatoms. The van der Waals surface area contributed by atoms with E-state index >= 15 is 0 Å². The minimum atomic E-state index is -1.05. The summed E-state index contributed by atoms with van der Waals surface area (Å²) < 4.78 is 12.0. The van der Waals surface area contributed by atoms with Crippen LogP contribution in [0.4, 0.5) is 0 Å². The van der Waals surface area contributed by atoms with Gasteiger partial charge in [-0.25, -0.2) is 0 Å². The van der Waals surface area contributed by atoms with Crippen molar-refractivity contribution in [2.75, 3.05) is 6.61 Å². The molecule has 52 heavy (non-hydrogen) atoms. The first-order valence-corrected chi connectivity index (χ1v) is 20.7. The molecule has 3 N–H and O–H groups in total. The molecule has 0 aliphatic carbocycles. The maximum absolute atomic E-state index is 14.1. The Labute approximate surface area is 316 Å². The lowest BCUT2D eigenvalue weighted by Crippen LogP contribution is -2.61. The van der Waals surface area contributed by atoms with Gasteiger partial charge in [0.1, 0.15) is 6.10 Å². The number of amides is 2. The molecule has 5 atom stereocenters. The van der Waals surface area contributed by atoms with Gasteiger partial charge in [0.05, 0.1) is 18.6 Å². The number of carbonyl (C=O) groups excluding carboxylic acids is 2. The van der Waals surface area contributed by atoms with Crippen molar-refractivity contribution in [2.24, 2.45) is 11.3 Å². The maximum atomic E-state index is 14.1. The van der Waals surface area contributed by atoms with Crippen LogP contribution in [0.15, 0.2) is 42.5 Å². The van der Waals surface area contributed by atoms with E-state index in [1.165, 1.54) is 51.4 Å². The fourth-order valence-electron chi connectivity index (χ4n) is 7.38. The van der Waals surface area contributed by atoms with Gasteiger partial charge in [0.25, 0.3) is 0 Å². The molecule has 296 valence electrons. The average Bonchev–Trinajstić information content (AvgIpc) is 3.10. The Balaban J connectivity index is 2.08. The highest BCUT2D eigenvalue weighted by atomic mass is 16.7. The van der Waals surface area contributed by atoms with Gasteiger partial charge < -0.3 is 25.2 Å². The molecule has 1 fully saturated rings. The van der Waals surface area contributed by atoms with E-state index in [4.69, 9.17) is 9.47 Å². The van der Waals surface area contributed by atoms with Crippen LogP contribution in [0.1, 0.15) is 176 Å². The predicted molar refractivity (Wildman–Crippen MR) is 212 cm³/mol. The summed E-state index contributed by atoms with van der Waals surface area (Å²) in [5.41, 5.74) is 0.319. The van der Waals surface area contributed by atoms with Gasteiger partial charge in [0, 0.05) is 23.8 Å². The molecule has 2 rings (SSSR count). The van der Waals surface area contributed by atoms with E-state index in [0.717, 1.165) is 50.5 Å². The third kappa shape index (κ3) is 16.5. The highest BCUT2D eigenvalue weighted by Gasteiger charge is 2.48. The molecule has 2 amide bonds. The molecule has 1 aromatic carbocycles. The van der Waals surface area contributed by atoms with Crippen LogP contribution in [0.2, 0.25) is 0 Å². The van der Waals surface area contributed by atoms with Crippen LogP contribution in [0, 0.1) is 11.3 Å². The van der Waals surface area contributed by atoms with Crippen molar-refractivity contribution >= 4 is 17.8 Å². The number of allylic oxidation sites excluding steroid dienone is 2. The number of rotatable bonds is 27. The first-order chi connectivity index (χ1) is 24.9. The zero-order chi connectivity index (χ0) is 38.4. The number of unbranched alkanes of at least 4 members (excludes halogenated alkanes) is 12. The van der Waals surface area contributed by atoms with E-state index in [0.29, 0.717) is 25.9 Å². The zero-order valence-corrected chi connectivity index (χ0v) is 33.9. The van der Waals surface area contributed by atoms with Crippen molar-refractivity contribution in [1.82, 2.24) is 10.6 Å². The fourth-order valence-corrected chi connectivity index (χ4v) is 7.38. The number of carbonyl (C=O) groups is 3. The maximum Gasteiger partial charge on any atom is 0.310 e. The first-order valence-electron chi connectivity index (χ1n) is 20.7. The summed E-state index contributed by atoms with van der Waals surface area (Å²) in [5, 5.41) is 17.2. The number of carboxylic acid groups (broad SMARTS) is 1. The molecule has 0 radical (unpaired) electrons. The second-order valence-electron chi connectivity index (χ2n) is 16.1. The lowest BCUT2D eigenvalue weighted by atomic mass is 9.76. The number of aliphatic carboxylic acids is 1. The fraction of sp³-hybridized carbons (Fsp3) is 0.750. The summed E-state index contributed by atoms with van der Waals surface area (Å²) in [4.78, 5) is 40.9. The van der Waals surface area contributed by atoms with Crippen LogP contribution >= 0.6 is 0 Å². The van der Waals surface area contributed by atoms with E-state index in [1.54, 1.807) is 13.8 Å². The molecule has 1 aliphatic heterocycles. The number of benzene rings is 1. The van der Waals surface area contributed by atoms with Crippen LogP contribution in [0.5, 0.6) is 0 Å². The highest BCUT2D eigenvalue weighted by molar-refractivity contribution is 5.84. The Bertz CT molecular complexity index is 1180. The van der Waals surface area contributed by atoms with Crippen molar-refractivity contribution in [1.29, 1.82) is 0 Å². The van der Waals surface area contributed by atoms with E-state index in [9.17, 15) is 19.5 Å².